The van der Waals surface area contributed by atoms with E-state index in [-0.39, 0.29) is 6.04 Å². The summed E-state index contributed by atoms with van der Waals surface area (Å²) < 4.78 is 5.41. The number of ether oxygens (including phenoxy) is 1. The van der Waals surface area contributed by atoms with E-state index >= 15 is 0 Å². The maximum absolute atomic E-state index is 9.97. The van der Waals surface area contributed by atoms with Crippen LogP contribution in [0.25, 0.3) is 0 Å². The molecule has 1 aromatic carbocycles. The Labute approximate surface area is 116 Å². The van der Waals surface area contributed by atoms with Crippen LogP contribution in [0.4, 0.5) is 0 Å². The van der Waals surface area contributed by atoms with Crippen LogP contribution in [0, 0.1) is 12.8 Å². The molecule has 0 saturated carbocycles. The summed E-state index contributed by atoms with van der Waals surface area (Å²) in [6.07, 6.45) is 2.25. The zero-order valence-corrected chi connectivity index (χ0v) is 12.1. The van der Waals surface area contributed by atoms with Crippen molar-refractivity contribution >= 4 is 0 Å². The highest BCUT2D eigenvalue weighted by Crippen LogP contribution is 2.27. The van der Waals surface area contributed by atoms with Crippen LogP contribution in [0.2, 0.25) is 0 Å². The fourth-order valence-electron chi connectivity index (χ4n) is 2.86. The van der Waals surface area contributed by atoms with Crippen molar-refractivity contribution in [2.75, 3.05) is 13.2 Å². The average Bonchev–Trinajstić information content (AvgIpc) is 2.42. The largest absolute Gasteiger partial charge is 0.508 e. The van der Waals surface area contributed by atoms with E-state index in [0.29, 0.717) is 17.7 Å². The molecule has 1 aromatic rings. The van der Waals surface area contributed by atoms with Crippen LogP contribution in [0.5, 0.6) is 5.75 Å². The van der Waals surface area contributed by atoms with E-state index in [1.54, 1.807) is 6.07 Å². The van der Waals surface area contributed by atoms with Crippen molar-refractivity contribution in [3.8, 4) is 5.75 Å². The third-order valence-corrected chi connectivity index (χ3v) is 4.14. The predicted octanol–water partition coefficient (Wildman–Crippen LogP) is 3.17. The van der Waals surface area contributed by atoms with Crippen LogP contribution in [-0.2, 0) is 4.74 Å². The van der Waals surface area contributed by atoms with Crippen molar-refractivity contribution in [2.45, 2.75) is 45.7 Å². The summed E-state index contributed by atoms with van der Waals surface area (Å²) in [6.45, 7) is 8.16. The lowest BCUT2D eigenvalue weighted by molar-refractivity contribution is 0.0546. The van der Waals surface area contributed by atoms with Crippen LogP contribution in [0.15, 0.2) is 18.2 Å². The highest BCUT2D eigenvalue weighted by Gasteiger charge is 2.22. The number of benzene rings is 1. The summed E-state index contributed by atoms with van der Waals surface area (Å²) in [5.41, 5.74) is 2.17. The first kappa shape index (κ1) is 14.4. The molecule has 0 bridgehead atoms. The van der Waals surface area contributed by atoms with E-state index in [1.807, 2.05) is 6.07 Å². The fourth-order valence-corrected chi connectivity index (χ4v) is 2.86. The first-order valence-corrected chi connectivity index (χ1v) is 7.21. The van der Waals surface area contributed by atoms with Crippen LogP contribution in [0.1, 0.15) is 43.9 Å². The summed E-state index contributed by atoms with van der Waals surface area (Å²) in [5.74, 6) is 1.05. The highest BCUT2D eigenvalue weighted by molar-refractivity contribution is 5.37. The van der Waals surface area contributed by atoms with Gasteiger partial charge in [-0.15, -0.1) is 0 Å². The minimum atomic E-state index is 0.165. The third kappa shape index (κ3) is 3.71. The molecule has 2 unspecified atom stereocenters. The zero-order chi connectivity index (χ0) is 13.8. The highest BCUT2D eigenvalue weighted by atomic mass is 16.5. The van der Waals surface area contributed by atoms with Gasteiger partial charge in [0.25, 0.3) is 0 Å². The van der Waals surface area contributed by atoms with Gasteiger partial charge < -0.3 is 15.2 Å². The lowest BCUT2D eigenvalue weighted by Crippen LogP contribution is -2.38. The van der Waals surface area contributed by atoms with Gasteiger partial charge in [0, 0.05) is 30.9 Å². The van der Waals surface area contributed by atoms with Gasteiger partial charge in [-0.2, -0.15) is 0 Å². The second-order valence-electron chi connectivity index (χ2n) is 5.69. The van der Waals surface area contributed by atoms with Crippen LogP contribution < -0.4 is 5.32 Å². The van der Waals surface area contributed by atoms with Crippen molar-refractivity contribution in [1.82, 2.24) is 5.32 Å². The normalized spacial score (nSPS) is 20.2. The van der Waals surface area contributed by atoms with E-state index < -0.39 is 0 Å². The molecular formula is C16H25NO2. The molecule has 1 aliphatic rings. The Kier molecular flexibility index (Phi) is 4.83. The Morgan fingerprint density at radius 2 is 1.95 bits per heavy atom. The van der Waals surface area contributed by atoms with Crippen molar-refractivity contribution in [3.63, 3.8) is 0 Å². The van der Waals surface area contributed by atoms with Crippen molar-refractivity contribution < 1.29 is 9.84 Å². The quantitative estimate of drug-likeness (QED) is 0.876. The van der Waals surface area contributed by atoms with E-state index in [0.717, 1.165) is 31.6 Å². The number of phenols is 1. The van der Waals surface area contributed by atoms with E-state index in [2.05, 4.69) is 32.2 Å². The maximum Gasteiger partial charge on any atom is 0.120 e. The number of aryl methyl sites for hydroxylation is 1. The molecule has 3 nitrogen and oxygen atoms in total. The van der Waals surface area contributed by atoms with Crippen LogP contribution in [-0.4, -0.2) is 24.4 Å². The maximum atomic E-state index is 9.97. The van der Waals surface area contributed by atoms with Gasteiger partial charge in [0.15, 0.2) is 0 Å². The van der Waals surface area contributed by atoms with Crippen LogP contribution >= 0.6 is 0 Å². The standard InChI is InChI=1S/C16H25NO2/c1-11-4-5-16(18)15(10-11)13(3)17-12(2)14-6-8-19-9-7-14/h4-5,10,12-14,17-18H,6-9H2,1-3H3. The molecule has 1 heterocycles. The molecule has 2 rings (SSSR count). The third-order valence-electron chi connectivity index (χ3n) is 4.14. The molecule has 19 heavy (non-hydrogen) atoms. The topological polar surface area (TPSA) is 41.5 Å². The second-order valence-corrected chi connectivity index (χ2v) is 5.69. The number of rotatable bonds is 4. The molecule has 1 aliphatic heterocycles. The first-order chi connectivity index (χ1) is 9.08. The summed E-state index contributed by atoms with van der Waals surface area (Å²) >= 11 is 0. The van der Waals surface area contributed by atoms with Crippen molar-refractivity contribution in [3.05, 3.63) is 29.3 Å². The Balaban J connectivity index is 1.99. The van der Waals surface area contributed by atoms with Crippen molar-refractivity contribution in [1.29, 1.82) is 0 Å². The van der Waals surface area contributed by atoms with Crippen LogP contribution in [0.3, 0.4) is 0 Å². The second kappa shape index (κ2) is 6.40. The number of aromatic hydroxyl groups is 1. The first-order valence-electron chi connectivity index (χ1n) is 7.21. The molecule has 0 aliphatic carbocycles. The molecule has 2 N–H and O–H groups in total. The van der Waals surface area contributed by atoms with Gasteiger partial charge in [-0.1, -0.05) is 17.7 Å². The van der Waals surface area contributed by atoms with E-state index in [4.69, 9.17) is 4.74 Å². The lowest BCUT2D eigenvalue weighted by atomic mass is 9.91. The summed E-state index contributed by atoms with van der Waals surface area (Å²) in [6, 6.07) is 6.38. The van der Waals surface area contributed by atoms with Gasteiger partial charge in [-0.25, -0.2) is 0 Å². The van der Waals surface area contributed by atoms with Gasteiger partial charge in [0.1, 0.15) is 5.75 Å². The number of phenolic OH excluding ortho intramolecular Hbond substituents is 1. The molecule has 1 saturated heterocycles. The molecule has 0 amide bonds. The molecule has 0 aromatic heterocycles. The number of nitrogens with one attached hydrogen (secondary N) is 1. The molecule has 106 valence electrons. The molecule has 0 radical (unpaired) electrons. The van der Waals surface area contributed by atoms with Gasteiger partial charge in [0.05, 0.1) is 0 Å². The summed E-state index contributed by atoms with van der Waals surface area (Å²) in [5, 5.41) is 13.6. The van der Waals surface area contributed by atoms with Gasteiger partial charge in [0.2, 0.25) is 0 Å². The Morgan fingerprint density at radius 3 is 2.63 bits per heavy atom. The molecule has 1 fully saturated rings. The fraction of sp³-hybridized carbons (Fsp3) is 0.625. The SMILES string of the molecule is Cc1ccc(O)c(C(C)NC(C)C2CCOCC2)c1. The van der Waals surface area contributed by atoms with Crippen molar-refractivity contribution in [2.24, 2.45) is 5.92 Å². The molecule has 2 atom stereocenters. The van der Waals surface area contributed by atoms with Gasteiger partial charge in [-0.05, 0) is 45.6 Å². The smallest absolute Gasteiger partial charge is 0.120 e. The zero-order valence-electron chi connectivity index (χ0n) is 12.1. The van der Waals surface area contributed by atoms with Gasteiger partial charge >= 0.3 is 0 Å². The Hall–Kier alpha value is -1.06. The predicted molar refractivity (Wildman–Crippen MR) is 77.4 cm³/mol. The minimum Gasteiger partial charge on any atom is -0.508 e. The van der Waals surface area contributed by atoms with E-state index in [9.17, 15) is 5.11 Å². The molecule has 3 heteroatoms. The van der Waals surface area contributed by atoms with E-state index in [1.165, 1.54) is 5.56 Å². The monoisotopic (exact) mass is 263 g/mol. The Bertz CT molecular complexity index is 413. The minimum absolute atomic E-state index is 0.165. The molecule has 0 spiro atoms. The number of hydrogen-bond donors (Lipinski definition) is 2. The lowest BCUT2D eigenvalue weighted by Gasteiger charge is -2.31. The average molecular weight is 263 g/mol. The summed E-state index contributed by atoms with van der Waals surface area (Å²) in [7, 11) is 0. The Morgan fingerprint density at radius 1 is 1.26 bits per heavy atom. The molecular weight excluding hydrogens is 238 g/mol. The van der Waals surface area contributed by atoms with Gasteiger partial charge in [-0.3, -0.25) is 0 Å². The summed E-state index contributed by atoms with van der Waals surface area (Å²) in [4.78, 5) is 0. The number of hydrogen-bond acceptors (Lipinski definition) is 3.